The lowest BCUT2D eigenvalue weighted by Crippen LogP contribution is -2.39. The van der Waals surface area contributed by atoms with Crippen molar-refractivity contribution in [3.8, 4) is 0 Å². The third-order valence-electron chi connectivity index (χ3n) is 1.80. The number of ketones is 1. The van der Waals surface area contributed by atoms with Crippen LogP contribution < -0.4 is 5.32 Å². The van der Waals surface area contributed by atoms with Crippen LogP contribution in [0.2, 0.25) is 0 Å². The minimum atomic E-state index is 0.0182. The third-order valence-corrected chi connectivity index (χ3v) is 2.53. The molecular weight excluding hydrogens is 194 g/mol. The second-order valence-electron chi connectivity index (χ2n) is 4.45. The highest BCUT2D eigenvalue weighted by molar-refractivity contribution is 7.07. The van der Waals surface area contributed by atoms with Crippen molar-refractivity contribution in [2.24, 2.45) is 0 Å². The zero-order valence-electron chi connectivity index (χ0n) is 8.96. The Morgan fingerprint density at radius 1 is 1.50 bits per heavy atom. The van der Waals surface area contributed by atoms with Gasteiger partial charge in [0.05, 0.1) is 6.54 Å². The summed E-state index contributed by atoms with van der Waals surface area (Å²) in [5.41, 5.74) is 1.14. The highest BCUT2D eigenvalue weighted by Crippen LogP contribution is 2.07. The van der Waals surface area contributed by atoms with Crippen LogP contribution in [0.5, 0.6) is 0 Å². The summed E-state index contributed by atoms with van der Waals surface area (Å²) in [6.45, 7) is 6.64. The molecule has 0 aliphatic carbocycles. The van der Waals surface area contributed by atoms with Crippen LogP contribution in [0.15, 0.2) is 16.8 Å². The maximum atomic E-state index is 11.5. The number of rotatable bonds is 4. The Bertz CT molecular complexity index is 285. The zero-order chi connectivity index (χ0) is 10.6. The van der Waals surface area contributed by atoms with Crippen molar-refractivity contribution in [1.29, 1.82) is 0 Å². The standard InChI is InChI=1S/C11H17NOS/c1-11(2,3)12-7-10(13)6-9-4-5-14-8-9/h4-5,8,12H,6-7H2,1-3H3. The molecule has 0 saturated carbocycles. The Morgan fingerprint density at radius 3 is 2.71 bits per heavy atom. The summed E-state index contributed by atoms with van der Waals surface area (Å²) in [6.07, 6.45) is 0.548. The minimum Gasteiger partial charge on any atom is -0.305 e. The lowest BCUT2D eigenvalue weighted by molar-refractivity contribution is -0.117. The van der Waals surface area contributed by atoms with Crippen LogP contribution in [0, 0.1) is 0 Å². The Balaban J connectivity index is 2.30. The average Bonchev–Trinajstić information content (AvgIpc) is 2.52. The lowest BCUT2D eigenvalue weighted by Gasteiger charge is -2.19. The van der Waals surface area contributed by atoms with E-state index >= 15 is 0 Å². The van der Waals surface area contributed by atoms with E-state index in [0.29, 0.717) is 13.0 Å². The summed E-state index contributed by atoms with van der Waals surface area (Å²) in [4.78, 5) is 11.5. The van der Waals surface area contributed by atoms with Crippen molar-refractivity contribution < 1.29 is 4.79 Å². The molecule has 0 aliphatic rings. The van der Waals surface area contributed by atoms with Crippen molar-refractivity contribution in [3.63, 3.8) is 0 Å². The summed E-state index contributed by atoms with van der Waals surface area (Å²) < 4.78 is 0. The van der Waals surface area contributed by atoms with Crippen LogP contribution in [-0.4, -0.2) is 17.9 Å². The van der Waals surface area contributed by atoms with E-state index in [4.69, 9.17) is 0 Å². The molecule has 0 aliphatic heterocycles. The van der Waals surface area contributed by atoms with Crippen LogP contribution >= 0.6 is 11.3 Å². The molecule has 0 bridgehead atoms. The molecule has 0 amide bonds. The fourth-order valence-corrected chi connectivity index (χ4v) is 1.72. The monoisotopic (exact) mass is 211 g/mol. The molecule has 1 rings (SSSR count). The van der Waals surface area contributed by atoms with Crippen molar-refractivity contribution in [2.75, 3.05) is 6.54 Å². The molecule has 0 spiro atoms. The molecule has 0 fully saturated rings. The van der Waals surface area contributed by atoms with Gasteiger partial charge in [0.15, 0.2) is 5.78 Å². The number of thiophene rings is 1. The first-order chi connectivity index (χ1) is 6.47. The molecule has 0 aromatic carbocycles. The van der Waals surface area contributed by atoms with Crippen LogP contribution in [0.1, 0.15) is 26.3 Å². The summed E-state index contributed by atoms with van der Waals surface area (Å²) >= 11 is 1.63. The molecule has 1 aromatic heterocycles. The summed E-state index contributed by atoms with van der Waals surface area (Å²) in [7, 11) is 0. The van der Waals surface area contributed by atoms with Crippen LogP contribution in [-0.2, 0) is 11.2 Å². The number of carbonyl (C=O) groups excluding carboxylic acids is 1. The molecular formula is C11H17NOS. The van der Waals surface area contributed by atoms with Gasteiger partial charge in [0.25, 0.3) is 0 Å². The van der Waals surface area contributed by atoms with E-state index in [1.165, 1.54) is 0 Å². The van der Waals surface area contributed by atoms with Crippen molar-refractivity contribution in [2.45, 2.75) is 32.7 Å². The topological polar surface area (TPSA) is 29.1 Å². The SMILES string of the molecule is CC(C)(C)NCC(=O)Cc1ccsc1. The number of hydrogen-bond acceptors (Lipinski definition) is 3. The first-order valence-electron chi connectivity index (χ1n) is 4.75. The number of Topliss-reactive ketones (excluding diaryl/α,β-unsaturated/α-hetero) is 1. The molecule has 3 heteroatoms. The van der Waals surface area contributed by atoms with E-state index in [2.05, 4.69) is 26.1 Å². The molecule has 78 valence electrons. The Hall–Kier alpha value is -0.670. The molecule has 14 heavy (non-hydrogen) atoms. The first kappa shape index (κ1) is 11.4. The summed E-state index contributed by atoms with van der Waals surface area (Å²) in [5.74, 6) is 0.248. The van der Waals surface area contributed by atoms with Crippen LogP contribution in [0.4, 0.5) is 0 Å². The van der Waals surface area contributed by atoms with Crippen molar-refractivity contribution >= 4 is 17.1 Å². The van der Waals surface area contributed by atoms with Gasteiger partial charge in [-0.2, -0.15) is 11.3 Å². The second kappa shape index (κ2) is 4.71. The zero-order valence-corrected chi connectivity index (χ0v) is 9.78. The fraction of sp³-hybridized carbons (Fsp3) is 0.545. The van der Waals surface area contributed by atoms with Gasteiger partial charge in [0.2, 0.25) is 0 Å². The Kier molecular flexibility index (Phi) is 3.84. The van der Waals surface area contributed by atoms with Gasteiger partial charge in [-0.05, 0) is 43.2 Å². The lowest BCUT2D eigenvalue weighted by atomic mass is 10.1. The highest BCUT2D eigenvalue weighted by Gasteiger charge is 2.11. The number of carbonyl (C=O) groups is 1. The van der Waals surface area contributed by atoms with Gasteiger partial charge in [0, 0.05) is 12.0 Å². The molecule has 0 saturated heterocycles. The molecule has 0 unspecified atom stereocenters. The second-order valence-corrected chi connectivity index (χ2v) is 5.23. The normalized spacial score (nSPS) is 11.6. The van der Waals surface area contributed by atoms with Crippen LogP contribution in [0.3, 0.4) is 0 Å². The number of nitrogens with one attached hydrogen (secondary N) is 1. The van der Waals surface area contributed by atoms with E-state index in [1.807, 2.05) is 16.8 Å². The first-order valence-corrected chi connectivity index (χ1v) is 5.69. The molecule has 2 nitrogen and oxygen atoms in total. The predicted molar refractivity (Wildman–Crippen MR) is 60.8 cm³/mol. The van der Waals surface area contributed by atoms with Gasteiger partial charge >= 0.3 is 0 Å². The highest BCUT2D eigenvalue weighted by atomic mass is 32.1. The van der Waals surface area contributed by atoms with E-state index in [9.17, 15) is 4.79 Å². The van der Waals surface area contributed by atoms with Crippen molar-refractivity contribution in [3.05, 3.63) is 22.4 Å². The van der Waals surface area contributed by atoms with Gasteiger partial charge in [-0.1, -0.05) is 0 Å². The van der Waals surface area contributed by atoms with Gasteiger partial charge in [-0.25, -0.2) is 0 Å². The number of hydrogen-bond donors (Lipinski definition) is 1. The molecule has 0 atom stereocenters. The van der Waals surface area contributed by atoms with Crippen LogP contribution in [0.25, 0.3) is 0 Å². The third kappa shape index (κ3) is 4.53. The predicted octanol–water partition coefficient (Wildman–Crippen LogP) is 2.25. The minimum absolute atomic E-state index is 0.0182. The smallest absolute Gasteiger partial charge is 0.151 e. The van der Waals surface area contributed by atoms with Gasteiger partial charge in [-0.3, -0.25) is 4.79 Å². The van der Waals surface area contributed by atoms with E-state index in [-0.39, 0.29) is 11.3 Å². The molecule has 1 aromatic rings. The Morgan fingerprint density at radius 2 is 2.21 bits per heavy atom. The maximum Gasteiger partial charge on any atom is 0.151 e. The van der Waals surface area contributed by atoms with E-state index in [0.717, 1.165) is 5.56 Å². The molecule has 1 N–H and O–H groups in total. The van der Waals surface area contributed by atoms with E-state index in [1.54, 1.807) is 11.3 Å². The summed E-state index contributed by atoms with van der Waals surface area (Å²) in [6, 6.07) is 2.00. The fourth-order valence-electron chi connectivity index (χ4n) is 1.05. The molecule has 1 heterocycles. The van der Waals surface area contributed by atoms with E-state index < -0.39 is 0 Å². The molecule has 0 radical (unpaired) electrons. The van der Waals surface area contributed by atoms with Gasteiger partial charge in [0.1, 0.15) is 0 Å². The van der Waals surface area contributed by atoms with Gasteiger partial charge in [-0.15, -0.1) is 0 Å². The summed E-state index contributed by atoms with van der Waals surface area (Å²) in [5, 5.41) is 7.21. The average molecular weight is 211 g/mol. The van der Waals surface area contributed by atoms with Gasteiger partial charge < -0.3 is 5.32 Å². The quantitative estimate of drug-likeness (QED) is 0.827. The maximum absolute atomic E-state index is 11.5. The largest absolute Gasteiger partial charge is 0.305 e. The Labute approximate surface area is 89.3 Å². The van der Waals surface area contributed by atoms with Crippen molar-refractivity contribution in [1.82, 2.24) is 5.32 Å².